The molecular formula is C22H29N3O. The Labute approximate surface area is 156 Å². The van der Waals surface area contributed by atoms with E-state index < -0.39 is 0 Å². The van der Waals surface area contributed by atoms with Crippen molar-refractivity contribution >= 4 is 5.91 Å². The molecule has 2 N–H and O–H groups in total. The lowest BCUT2D eigenvalue weighted by Gasteiger charge is -2.24. The summed E-state index contributed by atoms with van der Waals surface area (Å²) >= 11 is 0. The molecule has 0 saturated heterocycles. The van der Waals surface area contributed by atoms with Crippen molar-refractivity contribution in [3.63, 3.8) is 0 Å². The maximum atomic E-state index is 12.4. The Bertz CT molecular complexity index is 752. The number of amides is 1. The van der Waals surface area contributed by atoms with Crippen molar-refractivity contribution in [3.8, 4) is 0 Å². The fraction of sp³-hybridized carbons (Fsp3) is 0.409. The largest absolute Gasteiger partial charge is 0.348 e. The van der Waals surface area contributed by atoms with Gasteiger partial charge in [-0.25, -0.2) is 0 Å². The third-order valence-electron chi connectivity index (χ3n) is 5.09. The molecule has 0 bridgehead atoms. The van der Waals surface area contributed by atoms with Gasteiger partial charge >= 0.3 is 0 Å². The van der Waals surface area contributed by atoms with Crippen LogP contribution in [0.1, 0.15) is 53.4 Å². The molecule has 0 saturated carbocycles. The molecule has 0 aromatic heterocycles. The van der Waals surface area contributed by atoms with Crippen molar-refractivity contribution in [1.82, 2.24) is 15.5 Å². The molecule has 4 heteroatoms. The van der Waals surface area contributed by atoms with Gasteiger partial charge in [-0.2, -0.15) is 0 Å². The first-order valence-corrected chi connectivity index (χ1v) is 9.49. The van der Waals surface area contributed by atoms with Gasteiger partial charge in [0.25, 0.3) is 5.91 Å². The number of carbonyl (C=O) groups excluding carboxylic acids is 1. The van der Waals surface area contributed by atoms with Gasteiger partial charge in [0.1, 0.15) is 0 Å². The van der Waals surface area contributed by atoms with Gasteiger partial charge in [-0.1, -0.05) is 37.3 Å². The first-order chi connectivity index (χ1) is 12.6. The van der Waals surface area contributed by atoms with E-state index in [0.29, 0.717) is 18.2 Å². The molecular weight excluding hydrogens is 322 g/mol. The molecule has 0 fully saturated rings. The zero-order chi connectivity index (χ0) is 18.5. The maximum Gasteiger partial charge on any atom is 0.251 e. The van der Waals surface area contributed by atoms with Crippen LogP contribution in [0, 0.1) is 0 Å². The van der Waals surface area contributed by atoms with Gasteiger partial charge in [-0.05, 0) is 54.8 Å². The van der Waals surface area contributed by atoms with Crippen LogP contribution in [0.3, 0.4) is 0 Å². The molecule has 0 atom stereocenters. The number of carbonyl (C=O) groups is 1. The van der Waals surface area contributed by atoms with E-state index >= 15 is 0 Å². The predicted molar refractivity (Wildman–Crippen MR) is 106 cm³/mol. The van der Waals surface area contributed by atoms with E-state index in [1.165, 1.54) is 16.7 Å². The van der Waals surface area contributed by atoms with Crippen molar-refractivity contribution < 1.29 is 4.79 Å². The molecule has 0 aliphatic carbocycles. The minimum Gasteiger partial charge on any atom is -0.348 e. The van der Waals surface area contributed by atoms with Crippen LogP contribution in [-0.2, 0) is 26.2 Å². The molecule has 2 aromatic rings. The van der Waals surface area contributed by atoms with Crippen LogP contribution in [0.15, 0.2) is 42.5 Å². The summed E-state index contributed by atoms with van der Waals surface area (Å²) in [5, 5.41) is 6.37. The molecule has 1 amide bonds. The summed E-state index contributed by atoms with van der Waals surface area (Å²) in [5.41, 5.74) is 5.80. The molecule has 0 radical (unpaired) electrons. The minimum absolute atomic E-state index is 0.0219. The quantitative estimate of drug-likeness (QED) is 0.803. The number of nitrogens with one attached hydrogen (secondary N) is 2. The zero-order valence-corrected chi connectivity index (χ0v) is 16.0. The zero-order valence-electron chi connectivity index (χ0n) is 16.0. The van der Waals surface area contributed by atoms with E-state index in [1.54, 1.807) is 0 Å². The van der Waals surface area contributed by atoms with Crippen LogP contribution < -0.4 is 10.6 Å². The highest BCUT2D eigenvalue weighted by Crippen LogP contribution is 2.17. The molecule has 1 aliphatic heterocycles. The minimum atomic E-state index is -0.0219. The van der Waals surface area contributed by atoms with E-state index in [9.17, 15) is 4.79 Å². The number of benzene rings is 2. The average Bonchev–Trinajstić information content (AvgIpc) is 3.12. The Balaban J connectivity index is 1.56. The summed E-state index contributed by atoms with van der Waals surface area (Å²) in [7, 11) is 0. The second-order valence-corrected chi connectivity index (χ2v) is 7.24. The van der Waals surface area contributed by atoms with Crippen molar-refractivity contribution in [2.45, 2.75) is 53.0 Å². The van der Waals surface area contributed by atoms with E-state index in [4.69, 9.17) is 0 Å². The van der Waals surface area contributed by atoms with Gasteiger partial charge in [0.15, 0.2) is 0 Å². The summed E-state index contributed by atoms with van der Waals surface area (Å²) in [4.78, 5) is 14.8. The summed E-state index contributed by atoms with van der Waals surface area (Å²) in [6.45, 7) is 11.0. The first kappa shape index (κ1) is 18.6. The van der Waals surface area contributed by atoms with Crippen molar-refractivity contribution in [2.24, 2.45) is 0 Å². The molecule has 1 aliphatic rings. The van der Waals surface area contributed by atoms with Gasteiger partial charge in [-0.15, -0.1) is 0 Å². The second kappa shape index (κ2) is 8.47. The van der Waals surface area contributed by atoms with Gasteiger partial charge < -0.3 is 10.6 Å². The van der Waals surface area contributed by atoms with Gasteiger partial charge in [0.2, 0.25) is 0 Å². The Morgan fingerprint density at radius 3 is 2.46 bits per heavy atom. The molecule has 4 nitrogen and oxygen atoms in total. The molecule has 0 unspecified atom stereocenters. The van der Waals surface area contributed by atoms with E-state index in [-0.39, 0.29) is 5.91 Å². The average molecular weight is 351 g/mol. The summed E-state index contributed by atoms with van der Waals surface area (Å²) < 4.78 is 0. The normalized spacial score (nSPS) is 13.3. The number of rotatable bonds is 7. The molecule has 26 heavy (non-hydrogen) atoms. The first-order valence-electron chi connectivity index (χ1n) is 9.49. The Morgan fingerprint density at radius 1 is 1.08 bits per heavy atom. The summed E-state index contributed by atoms with van der Waals surface area (Å²) in [6.07, 6.45) is 0. The Morgan fingerprint density at radius 2 is 1.77 bits per heavy atom. The van der Waals surface area contributed by atoms with Crippen molar-refractivity contribution in [2.75, 3.05) is 6.54 Å². The number of hydrogen-bond acceptors (Lipinski definition) is 3. The van der Waals surface area contributed by atoms with Crippen LogP contribution in [-0.4, -0.2) is 23.4 Å². The highest BCUT2D eigenvalue weighted by atomic mass is 16.1. The summed E-state index contributed by atoms with van der Waals surface area (Å²) in [5.74, 6) is -0.0219. The summed E-state index contributed by atoms with van der Waals surface area (Å²) in [6, 6.07) is 14.9. The van der Waals surface area contributed by atoms with Crippen LogP contribution in [0.4, 0.5) is 0 Å². The number of hydrogen-bond donors (Lipinski definition) is 2. The third-order valence-corrected chi connectivity index (χ3v) is 5.09. The topological polar surface area (TPSA) is 44.4 Å². The predicted octanol–water partition coefficient (Wildman–Crippen LogP) is 3.45. The van der Waals surface area contributed by atoms with Crippen molar-refractivity contribution in [3.05, 3.63) is 70.3 Å². The molecule has 138 valence electrons. The third kappa shape index (κ3) is 4.51. The number of nitrogens with zero attached hydrogens (tertiary/aromatic N) is 1. The SMILES string of the molecule is CCN(Cc1ccc(C(=O)NCc2ccc3c(c2)CNC3)cc1)C(C)C. The number of fused-ring (bicyclic) bond motifs is 1. The lowest BCUT2D eigenvalue weighted by Crippen LogP contribution is -2.30. The Kier molecular flexibility index (Phi) is 6.07. The van der Waals surface area contributed by atoms with Crippen LogP contribution in [0.5, 0.6) is 0 Å². The van der Waals surface area contributed by atoms with Gasteiger partial charge in [-0.3, -0.25) is 9.69 Å². The van der Waals surface area contributed by atoms with E-state index in [1.807, 2.05) is 12.1 Å². The fourth-order valence-corrected chi connectivity index (χ4v) is 3.40. The van der Waals surface area contributed by atoms with Crippen LogP contribution in [0.2, 0.25) is 0 Å². The lowest BCUT2D eigenvalue weighted by molar-refractivity contribution is 0.0951. The molecule has 0 spiro atoms. The molecule has 1 heterocycles. The lowest BCUT2D eigenvalue weighted by atomic mass is 10.1. The Hall–Kier alpha value is -2.17. The maximum absolute atomic E-state index is 12.4. The highest BCUT2D eigenvalue weighted by Gasteiger charge is 2.12. The molecule has 3 rings (SSSR count). The van der Waals surface area contributed by atoms with Crippen LogP contribution >= 0.6 is 0 Å². The van der Waals surface area contributed by atoms with E-state index in [0.717, 1.165) is 31.7 Å². The standard InChI is InChI=1S/C22H29N3O/c1-4-25(16(2)3)15-17-5-8-19(9-6-17)22(26)24-12-18-7-10-20-13-23-14-21(20)11-18/h5-11,16,23H,4,12-15H2,1-3H3,(H,24,26). The smallest absolute Gasteiger partial charge is 0.251 e. The van der Waals surface area contributed by atoms with Gasteiger partial charge in [0.05, 0.1) is 0 Å². The molecule has 2 aromatic carbocycles. The van der Waals surface area contributed by atoms with Crippen molar-refractivity contribution in [1.29, 1.82) is 0 Å². The highest BCUT2D eigenvalue weighted by molar-refractivity contribution is 5.94. The van der Waals surface area contributed by atoms with E-state index in [2.05, 4.69) is 66.6 Å². The monoisotopic (exact) mass is 351 g/mol. The van der Waals surface area contributed by atoms with Gasteiger partial charge in [0, 0.05) is 37.8 Å². The fourth-order valence-electron chi connectivity index (χ4n) is 3.40. The van der Waals surface area contributed by atoms with Crippen LogP contribution in [0.25, 0.3) is 0 Å². The second-order valence-electron chi connectivity index (χ2n) is 7.24.